The van der Waals surface area contributed by atoms with E-state index in [-0.39, 0.29) is 24.5 Å². The number of nitrogens with one attached hydrogen (secondary N) is 1. The Balaban J connectivity index is 2.14. The van der Waals surface area contributed by atoms with Crippen molar-refractivity contribution in [3.8, 4) is 5.75 Å². The van der Waals surface area contributed by atoms with E-state index < -0.39 is 6.04 Å². The monoisotopic (exact) mass is 524 g/mol. The molecule has 7 heteroatoms. The third-order valence-electron chi connectivity index (χ3n) is 4.59. The third-order valence-corrected chi connectivity index (χ3v) is 5.61. The van der Waals surface area contributed by atoms with E-state index in [1.165, 1.54) is 0 Å². The lowest BCUT2D eigenvalue weighted by molar-refractivity contribution is -0.142. The summed E-state index contributed by atoms with van der Waals surface area (Å²) in [5.41, 5.74) is 0.930. The highest BCUT2D eigenvalue weighted by molar-refractivity contribution is 9.10. The van der Waals surface area contributed by atoms with Crippen molar-refractivity contribution >= 4 is 43.7 Å². The number of carbonyl (C=O) groups excluding carboxylic acids is 2. The SMILES string of the molecule is CC[C@H](C)NC(=O)[C@H](C)N(Cc1cccc(Br)c1)C(=O)COc1ccc(Br)cc1. The molecule has 0 spiro atoms. The summed E-state index contributed by atoms with van der Waals surface area (Å²) in [6.45, 7) is 5.87. The Bertz CT molecular complexity index is 827. The minimum absolute atomic E-state index is 0.0480. The van der Waals surface area contributed by atoms with Gasteiger partial charge >= 0.3 is 0 Å². The van der Waals surface area contributed by atoms with E-state index in [0.29, 0.717) is 12.3 Å². The first-order chi connectivity index (χ1) is 13.8. The quantitative estimate of drug-likeness (QED) is 0.505. The van der Waals surface area contributed by atoms with Crippen LogP contribution in [0.15, 0.2) is 57.5 Å². The van der Waals surface area contributed by atoms with Gasteiger partial charge in [-0.25, -0.2) is 0 Å². The zero-order valence-electron chi connectivity index (χ0n) is 16.8. The summed E-state index contributed by atoms with van der Waals surface area (Å²) in [4.78, 5) is 27.2. The molecule has 29 heavy (non-hydrogen) atoms. The van der Waals surface area contributed by atoms with Crippen LogP contribution in [-0.4, -0.2) is 35.4 Å². The van der Waals surface area contributed by atoms with Crippen LogP contribution in [0.2, 0.25) is 0 Å². The minimum Gasteiger partial charge on any atom is -0.484 e. The van der Waals surface area contributed by atoms with Gasteiger partial charge in [-0.1, -0.05) is 50.9 Å². The van der Waals surface area contributed by atoms with Crippen molar-refractivity contribution in [3.63, 3.8) is 0 Å². The molecule has 0 saturated carbocycles. The van der Waals surface area contributed by atoms with E-state index in [2.05, 4.69) is 37.2 Å². The van der Waals surface area contributed by atoms with Gasteiger partial charge in [0.1, 0.15) is 11.8 Å². The van der Waals surface area contributed by atoms with Crippen LogP contribution < -0.4 is 10.1 Å². The highest BCUT2D eigenvalue weighted by Gasteiger charge is 2.27. The molecule has 0 radical (unpaired) electrons. The minimum atomic E-state index is -0.621. The molecule has 1 N–H and O–H groups in total. The van der Waals surface area contributed by atoms with E-state index in [4.69, 9.17) is 4.74 Å². The number of carbonyl (C=O) groups is 2. The Morgan fingerprint density at radius 3 is 2.38 bits per heavy atom. The normalized spacial score (nSPS) is 12.7. The second-order valence-corrected chi connectivity index (χ2v) is 8.72. The highest BCUT2D eigenvalue weighted by Crippen LogP contribution is 2.18. The van der Waals surface area contributed by atoms with Gasteiger partial charge in [0.15, 0.2) is 6.61 Å². The van der Waals surface area contributed by atoms with E-state index in [0.717, 1.165) is 20.9 Å². The maximum atomic E-state index is 13.0. The maximum absolute atomic E-state index is 13.0. The van der Waals surface area contributed by atoms with E-state index in [1.807, 2.05) is 50.2 Å². The van der Waals surface area contributed by atoms with Gasteiger partial charge in [0.05, 0.1) is 0 Å². The summed E-state index contributed by atoms with van der Waals surface area (Å²) in [6.07, 6.45) is 0.824. The van der Waals surface area contributed by atoms with Crippen LogP contribution >= 0.6 is 31.9 Å². The molecule has 0 unspecified atom stereocenters. The van der Waals surface area contributed by atoms with Crippen LogP contribution in [0.3, 0.4) is 0 Å². The molecule has 2 rings (SSSR count). The lowest BCUT2D eigenvalue weighted by atomic mass is 10.1. The molecule has 156 valence electrons. The summed E-state index contributed by atoms with van der Waals surface area (Å²) >= 11 is 6.83. The van der Waals surface area contributed by atoms with Gasteiger partial charge in [0.2, 0.25) is 5.91 Å². The second-order valence-electron chi connectivity index (χ2n) is 6.89. The molecule has 2 atom stereocenters. The summed E-state index contributed by atoms with van der Waals surface area (Å²) in [5, 5.41) is 2.95. The molecular formula is C22H26Br2N2O3. The average molecular weight is 526 g/mol. The van der Waals surface area contributed by atoms with Crippen LogP contribution in [-0.2, 0) is 16.1 Å². The first-order valence-electron chi connectivity index (χ1n) is 9.52. The molecular weight excluding hydrogens is 500 g/mol. The van der Waals surface area contributed by atoms with Gasteiger partial charge < -0.3 is 15.0 Å². The number of hydrogen-bond acceptors (Lipinski definition) is 3. The van der Waals surface area contributed by atoms with Gasteiger partial charge in [-0.05, 0) is 62.2 Å². The summed E-state index contributed by atoms with van der Waals surface area (Å²) < 4.78 is 7.50. The number of nitrogens with zero attached hydrogens (tertiary/aromatic N) is 1. The Morgan fingerprint density at radius 1 is 1.07 bits per heavy atom. The Kier molecular flexibility index (Phi) is 9.17. The summed E-state index contributed by atoms with van der Waals surface area (Å²) in [6, 6.07) is 14.4. The lowest BCUT2D eigenvalue weighted by Crippen LogP contribution is -2.50. The number of ether oxygens (including phenoxy) is 1. The second kappa shape index (κ2) is 11.4. The molecule has 2 aromatic carbocycles. The average Bonchev–Trinajstić information content (AvgIpc) is 2.70. The van der Waals surface area contributed by atoms with Crippen LogP contribution in [0, 0.1) is 0 Å². The number of hydrogen-bond donors (Lipinski definition) is 1. The van der Waals surface area contributed by atoms with Crippen molar-refractivity contribution in [3.05, 3.63) is 63.0 Å². The smallest absolute Gasteiger partial charge is 0.261 e. The number of amides is 2. The summed E-state index contributed by atoms with van der Waals surface area (Å²) in [5.74, 6) is 0.173. The van der Waals surface area contributed by atoms with E-state index in [1.54, 1.807) is 24.0 Å². The zero-order chi connectivity index (χ0) is 21.4. The van der Waals surface area contributed by atoms with Gasteiger partial charge in [-0.2, -0.15) is 0 Å². The fourth-order valence-corrected chi connectivity index (χ4v) is 3.35. The van der Waals surface area contributed by atoms with Gasteiger partial charge in [-0.15, -0.1) is 0 Å². The largest absolute Gasteiger partial charge is 0.484 e. The van der Waals surface area contributed by atoms with Crippen LogP contribution in [0.1, 0.15) is 32.8 Å². The Hall–Kier alpha value is -1.86. The Morgan fingerprint density at radius 2 is 1.76 bits per heavy atom. The molecule has 0 fully saturated rings. The first kappa shape index (κ1) is 23.4. The summed E-state index contributed by atoms with van der Waals surface area (Å²) in [7, 11) is 0. The molecule has 0 aliphatic heterocycles. The van der Waals surface area contributed by atoms with Gasteiger partial charge in [0, 0.05) is 21.5 Å². The van der Waals surface area contributed by atoms with Crippen molar-refractivity contribution in [2.75, 3.05) is 6.61 Å². The predicted octanol–water partition coefficient (Wildman–Crippen LogP) is 4.92. The van der Waals surface area contributed by atoms with Gasteiger partial charge in [0.25, 0.3) is 5.91 Å². The highest BCUT2D eigenvalue weighted by atomic mass is 79.9. The van der Waals surface area contributed by atoms with Crippen molar-refractivity contribution in [2.45, 2.75) is 45.8 Å². The standard InChI is InChI=1S/C22H26Br2N2O3/c1-4-15(2)25-22(28)16(3)26(13-17-6-5-7-19(24)12-17)21(27)14-29-20-10-8-18(23)9-11-20/h5-12,15-16H,4,13-14H2,1-3H3,(H,25,28)/t15-,16-/m0/s1. The predicted molar refractivity (Wildman–Crippen MR) is 122 cm³/mol. The van der Waals surface area contributed by atoms with Crippen molar-refractivity contribution in [1.82, 2.24) is 10.2 Å². The van der Waals surface area contributed by atoms with Crippen molar-refractivity contribution in [1.29, 1.82) is 0 Å². The number of rotatable bonds is 9. The zero-order valence-corrected chi connectivity index (χ0v) is 20.0. The molecule has 5 nitrogen and oxygen atoms in total. The fourth-order valence-electron chi connectivity index (χ4n) is 2.64. The first-order valence-corrected chi connectivity index (χ1v) is 11.1. The molecule has 2 amide bonds. The molecule has 0 aliphatic carbocycles. The molecule has 0 aliphatic rings. The van der Waals surface area contributed by atoms with Crippen molar-refractivity contribution < 1.29 is 14.3 Å². The van der Waals surface area contributed by atoms with Crippen LogP contribution in [0.25, 0.3) is 0 Å². The number of halogens is 2. The Labute approximate surface area is 189 Å². The van der Waals surface area contributed by atoms with Crippen LogP contribution in [0.5, 0.6) is 5.75 Å². The molecule has 0 saturated heterocycles. The van der Waals surface area contributed by atoms with Gasteiger partial charge in [-0.3, -0.25) is 9.59 Å². The van der Waals surface area contributed by atoms with E-state index in [9.17, 15) is 9.59 Å². The maximum Gasteiger partial charge on any atom is 0.261 e. The molecule has 0 aromatic heterocycles. The molecule has 0 heterocycles. The lowest BCUT2D eigenvalue weighted by Gasteiger charge is -2.29. The topological polar surface area (TPSA) is 58.6 Å². The molecule has 2 aromatic rings. The molecule has 0 bridgehead atoms. The fraction of sp³-hybridized carbons (Fsp3) is 0.364. The number of benzene rings is 2. The van der Waals surface area contributed by atoms with Crippen molar-refractivity contribution in [2.24, 2.45) is 0 Å². The van der Waals surface area contributed by atoms with E-state index >= 15 is 0 Å². The van der Waals surface area contributed by atoms with Crippen LogP contribution in [0.4, 0.5) is 0 Å². The third kappa shape index (κ3) is 7.48.